The molecule has 0 aromatic heterocycles. The molecule has 0 aromatic rings. The Balaban J connectivity index is 2.39. The predicted octanol–water partition coefficient (Wildman–Crippen LogP) is 2.02. The minimum absolute atomic E-state index is 0.886. The fraction of sp³-hybridized carbons (Fsp3) is 0.800. The van der Waals surface area contributed by atoms with Crippen molar-refractivity contribution in [3.05, 3.63) is 11.8 Å². The summed E-state index contributed by atoms with van der Waals surface area (Å²) < 4.78 is 5.28. The van der Waals surface area contributed by atoms with Crippen molar-refractivity contribution >= 4 is 0 Å². The SMILES string of the molecule is CCC(=CN1CCOCC1)CC. The number of ether oxygens (including phenoxy) is 1. The van der Waals surface area contributed by atoms with Crippen LogP contribution >= 0.6 is 0 Å². The van der Waals surface area contributed by atoms with E-state index in [9.17, 15) is 0 Å². The first-order valence-electron chi connectivity index (χ1n) is 4.88. The van der Waals surface area contributed by atoms with E-state index < -0.39 is 0 Å². The van der Waals surface area contributed by atoms with Crippen LogP contribution < -0.4 is 0 Å². The summed E-state index contributed by atoms with van der Waals surface area (Å²) in [6.45, 7) is 8.33. The van der Waals surface area contributed by atoms with E-state index in [0.29, 0.717) is 0 Å². The van der Waals surface area contributed by atoms with E-state index in [2.05, 4.69) is 24.9 Å². The van der Waals surface area contributed by atoms with Crippen LogP contribution in [-0.4, -0.2) is 31.2 Å². The third kappa shape index (κ3) is 2.86. The highest BCUT2D eigenvalue weighted by molar-refractivity contribution is 5.00. The van der Waals surface area contributed by atoms with Gasteiger partial charge in [0.1, 0.15) is 0 Å². The first-order chi connectivity index (χ1) is 5.86. The molecule has 0 aromatic carbocycles. The Bertz CT molecular complexity index is 142. The monoisotopic (exact) mass is 169 g/mol. The lowest BCUT2D eigenvalue weighted by Gasteiger charge is -2.26. The molecule has 1 aliphatic heterocycles. The van der Waals surface area contributed by atoms with E-state index in [-0.39, 0.29) is 0 Å². The van der Waals surface area contributed by atoms with Gasteiger partial charge in [-0.1, -0.05) is 19.4 Å². The van der Waals surface area contributed by atoms with Gasteiger partial charge in [-0.25, -0.2) is 0 Å². The zero-order chi connectivity index (χ0) is 8.81. The summed E-state index contributed by atoms with van der Waals surface area (Å²) in [6, 6.07) is 0. The first-order valence-corrected chi connectivity index (χ1v) is 4.88. The standard InChI is InChI=1S/C10H19NO/c1-3-10(4-2)9-11-5-7-12-8-6-11/h9H,3-8H2,1-2H3. The van der Waals surface area contributed by atoms with Crippen molar-refractivity contribution in [1.29, 1.82) is 0 Å². The molecule has 0 saturated carbocycles. The van der Waals surface area contributed by atoms with Crippen molar-refractivity contribution in [2.75, 3.05) is 26.3 Å². The molecular formula is C10H19NO. The van der Waals surface area contributed by atoms with Crippen molar-refractivity contribution in [3.63, 3.8) is 0 Å². The third-order valence-electron chi connectivity index (χ3n) is 2.32. The van der Waals surface area contributed by atoms with Gasteiger partial charge in [0.05, 0.1) is 13.2 Å². The fourth-order valence-electron chi connectivity index (χ4n) is 1.40. The van der Waals surface area contributed by atoms with E-state index in [4.69, 9.17) is 4.74 Å². The normalized spacial score (nSPS) is 17.7. The molecule has 0 N–H and O–H groups in total. The lowest BCUT2D eigenvalue weighted by molar-refractivity contribution is 0.0589. The van der Waals surface area contributed by atoms with Gasteiger partial charge in [-0.15, -0.1) is 0 Å². The molecular weight excluding hydrogens is 150 g/mol. The Morgan fingerprint density at radius 2 is 1.83 bits per heavy atom. The predicted molar refractivity (Wildman–Crippen MR) is 51.1 cm³/mol. The second-order valence-corrected chi connectivity index (χ2v) is 3.14. The van der Waals surface area contributed by atoms with Gasteiger partial charge in [0.15, 0.2) is 0 Å². The molecule has 1 heterocycles. The van der Waals surface area contributed by atoms with Crippen molar-refractivity contribution in [3.8, 4) is 0 Å². The van der Waals surface area contributed by atoms with Crippen LogP contribution in [0.5, 0.6) is 0 Å². The molecule has 0 atom stereocenters. The van der Waals surface area contributed by atoms with E-state index in [1.165, 1.54) is 18.4 Å². The van der Waals surface area contributed by atoms with Gasteiger partial charge < -0.3 is 9.64 Å². The van der Waals surface area contributed by atoms with Crippen LogP contribution in [0.4, 0.5) is 0 Å². The molecule has 0 amide bonds. The molecule has 0 bridgehead atoms. The van der Waals surface area contributed by atoms with Gasteiger partial charge in [0.2, 0.25) is 0 Å². The van der Waals surface area contributed by atoms with Crippen molar-refractivity contribution in [2.24, 2.45) is 0 Å². The van der Waals surface area contributed by atoms with Gasteiger partial charge in [0.25, 0.3) is 0 Å². The zero-order valence-corrected chi connectivity index (χ0v) is 8.18. The Morgan fingerprint density at radius 1 is 1.25 bits per heavy atom. The summed E-state index contributed by atoms with van der Waals surface area (Å²) in [5, 5.41) is 0. The highest BCUT2D eigenvalue weighted by Gasteiger charge is 2.06. The van der Waals surface area contributed by atoms with Crippen molar-refractivity contribution in [2.45, 2.75) is 26.7 Å². The molecule has 0 unspecified atom stereocenters. The van der Waals surface area contributed by atoms with Crippen LogP contribution in [0.3, 0.4) is 0 Å². The molecule has 2 heteroatoms. The number of morpholine rings is 1. The fourth-order valence-corrected chi connectivity index (χ4v) is 1.40. The van der Waals surface area contributed by atoms with E-state index in [1.807, 2.05) is 0 Å². The number of hydrogen-bond acceptors (Lipinski definition) is 2. The van der Waals surface area contributed by atoms with Crippen LogP contribution in [0.25, 0.3) is 0 Å². The summed E-state index contributed by atoms with van der Waals surface area (Å²) in [6.07, 6.45) is 4.66. The molecule has 2 nitrogen and oxygen atoms in total. The second kappa shape index (κ2) is 5.20. The summed E-state index contributed by atoms with van der Waals surface area (Å²) in [5.41, 5.74) is 1.54. The van der Waals surface area contributed by atoms with Crippen LogP contribution in [-0.2, 0) is 4.74 Å². The van der Waals surface area contributed by atoms with Gasteiger partial charge in [-0.3, -0.25) is 0 Å². The minimum atomic E-state index is 0.886. The lowest BCUT2D eigenvalue weighted by atomic mass is 10.1. The van der Waals surface area contributed by atoms with Crippen molar-refractivity contribution in [1.82, 2.24) is 4.90 Å². The number of allylic oxidation sites excluding steroid dienone is 1. The third-order valence-corrected chi connectivity index (χ3v) is 2.32. The maximum absolute atomic E-state index is 5.28. The molecule has 1 saturated heterocycles. The molecule has 0 aliphatic carbocycles. The summed E-state index contributed by atoms with van der Waals surface area (Å²) in [5.74, 6) is 0. The average Bonchev–Trinajstić information content (AvgIpc) is 2.16. The number of rotatable bonds is 3. The smallest absolute Gasteiger partial charge is 0.0642 e. The Labute approximate surface area is 75.2 Å². The van der Waals surface area contributed by atoms with Crippen LogP contribution in [0.15, 0.2) is 11.8 Å². The molecule has 0 spiro atoms. The second-order valence-electron chi connectivity index (χ2n) is 3.14. The average molecular weight is 169 g/mol. The highest BCUT2D eigenvalue weighted by Crippen LogP contribution is 2.08. The maximum Gasteiger partial charge on any atom is 0.0642 e. The topological polar surface area (TPSA) is 12.5 Å². The number of hydrogen-bond donors (Lipinski definition) is 0. The van der Waals surface area contributed by atoms with Crippen LogP contribution in [0.2, 0.25) is 0 Å². The molecule has 1 aliphatic rings. The Morgan fingerprint density at radius 3 is 2.33 bits per heavy atom. The summed E-state index contributed by atoms with van der Waals surface area (Å²) in [4.78, 5) is 2.37. The van der Waals surface area contributed by atoms with Crippen LogP contribution in [0.1, 0.15) is 26.7 Å². The molecule has 0 radical (unpaired) electrons. The first kappa shape index (κ1) is 9.59. The summed E-state index contributed by atoms with van der Waals surface area (Å²) >= 11 is 0. The Hall–Kier alpha value is -0.500. The number of nitrogens with zero attached hydrogens (tertiary/aromatic N) is 1. The van der Waals surface area contributed by atoms with Gasteiger partial charge in [-0.2, -0.15) is 0 Å². The van der Waals surface area contributed by atoms with Crippen molar-refractivity contribution < 1.29 is 4.74 Å². The van der Waals surface area contributed by atoms with Gasteiger partial charge >= 0.3 is 0 Å². The van der Waals surface area contributed by atoms with Crippen LogP contribution in [0, 0.1) is 0 Å². The van der Waals surface area contributed by atoms with E-state index in [1.54, 1.807) is 0 Å². The highest BCUT2D eigenvalue weighted by atomic mass is 16.5. The quantitative estimate of drug-likeness (QED) is 0.641. The van der Waals surface area contributed by atoms with Gasteiger partial charge in [-0.05, 0) is 19.0 Å². The lowest BCUT2D eigenvalue weighted by Crippen LogP contribution is -2.32. The largest absolute Gasteiger partial charge is 0.378 e. The molecule has 1 rings (SSSR count). The minimum Gasteiger partial charge on any atom is -0.378 e. The van der Waals surface area contributed by atoms with E-state index in [0.717, 1.165) is 26.3 Å². The maximum atomic E-state index is 5.28. The molecule has 12 heavy (non-hydrogen) atoms. The van der Waals surface area contributed by atoms with Gasteiger partial charge in [0, 0.05) is 13.1 Å². The zero-order valence-electron chi connectivity index (χ0n) is 8.18. The van der Waals surface area contributed by atoms with E-state index >= 15 is 0 Å². The molecule has 70 valence electrons. The Kier molecular flexibility index (Phi) is 4.15. The summed E-state index contributed by atoms with van der Waals surface area (Å²) in [7, 11) is 0. The molecule has 1 fully saturated rings.